The van der Waals surface area contributed by atoms with E-state index in [-0.39, 0.29) is 0 Å². The molecule has 0 saturated carbocycles. The van der Waals surface area contributed by atoms with Crippen molar-refractivity contribution in [2.45, 2.75) is 31.0 Å². The molecule has 4 rings (SSSR count). The van der Waals surface area contributed by atoms with E-state index in [0.29, 0.717) is 13.2 Å². The van der Waals surface area contributed by atoms with Gasteiger partial charge in [-0.3, -0.25) is 0 Å². The molecule has 0 radical (unpaired) electrons. The molecule has 0 bridgehead atoms. The molecule has 25 heavy (non-hydrogen) atoms. The Morgan fingerprint density at radius 3 is 2.76 bits per heavy atom. The molecule has 2 aromatic rings. The summed E-state index contributed by atoms with van der Waals surface area (Å²) in [7, 11) is 0. The molecule has 0 atom stereocenters. The minimum atomic E-state index is 0.464. The fourth-order valence-electron chi connectivity index (χ4n) is 3.25. The van der Waals surface area contributed by atoms with E-state index in [0.717, 1.165) is 44.2 Å². The van der Waals surface area contributed by atoms with Crippen molar-refractivity contribution < 1.29 is 4.74 Å². The minimum Gasteiger partial charge on any atom is -0.369 e. The molecule has 1 fully saturated rings. The third-order valence-electron chi connectivity index (χ3n) is 4.53. The number of hydrogen-bond donors (Lipinski definition) is 1. The number of benzene rings is 1. The SMILES string of the molecule is c1ccc(COCc2nc3c(c(N4CCNCC4)n2)SCCC3)cc1. The van der Waals surface area contributed by atoms with E-state index in [4.69, 9.17) is 14.7 Å². The molecule has 0 amide bonds. The first-order chi connectivity index (χ1) is 12.4. The summed E-state index contributed by atoms with van der Waals surface area (Å²) in [5.41, 5.74) is 2.39. The number of nitrogens with one attached hydrogen (secondary N) is 1. The number of hydrogen-bond acceptors (Lipinski definition) is 6. The molecule has 3 heterocycles. The van der Waals surface area contributed by atoms with Crippen LogP contribution in [-0.2, 0) is 24.4 Å². The molecule has 2 aliphatic rings. The van der Waals surface area contributed by atoms with Gasteiger partial charge in [0.25, 0.3) is 0 Å². The van der Waals surface area contributed by atoms with Crippen LogP contribution in [0.15, 0.2) is 35.2 Å². The van der Waals surface area contributed by atoms with Crippen molar-refractivity contribution in [1.29, 1.82) is 0 Å². The predicted octanol–water partition coefficient (Wildman–Crippen LogP) is 2.64. The van der Waals surface area contributed by atoms with Gasteiger partial charge >= 0.3 is 0 Å². The lowest BCUT2D eigenvalue weighted by molar-refractivity contribution is 0.101. The maximum absolute atomic E-state index is 5.88. The van der Waals surface area contributed by atoms with Crippen molar-refractivity contribution >= 4 is 17.6 Å². The largest absolute Gasteiger partial charge is 0.369 e. The van der Waals surface area contributed by atoms with E-state index in [1.54, 1.807) is 0 Å². The van der Waals surface area contributed by atoms with E-state index >= 15 is 0 Å². The zero-order valence-corrected chi connectivity index (χ0v) is 15.2. The maximum Gasteiger partial charge on any atom is 0.156 e. The molecule has 0 unspecified atom stereocenters. The summed E-state index contributed by atoms with van der Waals surface area (Å²) in [5, 5.41) is 3.42. The van der Waals surface area contributed by atoms with Gasteiger partial charge in [0.1, 0.15) is 12.4 Å². The highest BCUT2D eigenvalue weighted by molar-refractivity contribution is 7.99. The Morgan fingerprint density at radius 1 is 1.08 bits per heavy atom. The minimum absolute atomic E-state index is 0.464. The van der Waals surface area contributed by atoms with Gasteiger partial charge in [-0.1, -0.05) is 30.3 Å². The number of rotatable bonds is 5. The van der Waals surface area contributed by atoms with Crippen LogP contribution in [0.4, 0.5) is 5.82 Å². The lowest BCUT2D eigenvalue weighted by Gasteiger charge is -2.31. The zero-order valence-electron chi connectivity index (χ0n) is 14.4. The molecule has 6 heteroatoms. The van der Waals surface area contributed by atoms with E-state index in [2.05, 4.69) is 22.3 Å². The summed E-state index contributed by atoms with van der Waals surface area (Å²) >= 11 is 1.91. The highest BCUT2D eigenvalue weighted by Gasteiger charge is 2.23. The molecule has 1 saturated heterocycles. The van der Waals surface area contributed by atoms with E-state index in [1.165, 1.54) is 28.3 Å². The number of aryl methyl sites for hydroxylation is 1. The first-order valence-corrected chi connectivity index (χ1v) is 9.98. The predicted molar refractivity (Wildman–Crippen MR) is 101 cm³/mol. The molecule has 1 aromatic heterocycles. The molecule has 132 valence electrons. The molecule has 1 aromatic carbocycles. The van der Waals surface area contributed by atoms with Crippen LogP contribution in [0.5, 0.6) is 0 Å². The number of ether oxygens (including phenoxy) is 1. The smallest absolute Gasteiger partial charge is 0.156 e. The second-order valence-electron chi connectivity index (χ2n) is 6.41. The van der Waals surface area contributed by atoms with Crippen LogP contribution >= 0.6 is 11.8 Å². The highest BCUT2D eigenvalue weighted by atomic mass is 32.2. The maximum atomic E-state index is 5.88. The van der Waals surface area contributed by atoms with Gasteiger partial charge in [0.15, 0.2) is 5.82 Å². The first-order valence-electron chi connectivity index (χ1n) is 9.00. The molecular weight excluding hydrogens is 332 g/mol. The number of aromatic nitrogens is 2. The van der Waals surface area contributed by atoms with Crippen LogP contribution in [0.25, 0.3) is 0 Å². The lowest BCUT2D eigenvalue weighted by atomic mass is 10.2. The Kier molecular flexibility index (Phi) is 5.49. The second kappa shape index (κ2) is 8.17. The third-order valence-corrected chi connectivity index (χ3v) is 5.73. The van der Waals surface area contributed by atoms with Gasteiger partial charge in [-0.15, -0.1) is 11.8 Å². The molecule has 0 aliphatic carbocycles. The van der Waals surface area contributed by atoms with Gasteiger partial charge in [-0.05, 0) is 24.2 Å². The second-order valence-corrected chi connectivity index (χ2v) is 7.51. The molecular formula is C19H24N4OS. The van der Waals surface area contributed by atoms with Gasteiger partial charge in [0.05, 0.1) is 17.2 Å². The van der Waals surface area contributed by atoms with Gasteiger partial charge in [0.2, 0.25) is 0 Å². The van der Waals surface area contributed by atoms with E-state index < -0.39 is 0 Å². The third kappa shape index (κ3) is 4.14. The summed E-state index contributed by atoms with van der Waals surface area (Å²) in [6.45, 7) is 5.11. The number of nitrogens with zero attached hydrogens (tertiary/aromatic N) is 3. The van der Waals surface area contributed by atoms with E-state index in [1.807, 2.05) is 30.0 Å². The number of thioether (sulfide) groups is 1. The van der Waals surface area contributed by atoms with Gasteiger partial charge in [-0.25, -0.2) is 9.97 Å². The Morgan fingerprint density at radius 2 is 1.92 bits per heavy atom. The van der Waals surface area contributed by atoms with Crippen molar-refractivity contribution in [2.75, 3.05) is 36.8 Å². The Hall–Kier alpha value is -1.63. The summed E-state index contributed by atoms with van der Waals surface area (Å²) in [6, 6.07) is 10.3. The fraction of sp³-hybridized carbons (Fsp3) is 0.474. The van der Waals surface area contributed by atoms with Crippen LogP contribution in [0, 0.1) is 0 Å². The lowest BCUT2D eigenvalue weighted by Crippen LogP contribution is -2.44. The Bertz CT molecular complexity index is 704. The monoisotopic (exact) mass is 356 g/mol. The van der Waals surface area contributed by atoms with Crippen molar-refractivity contribution in [3.05, 3.63) is 47.4 Å². The number of fused-ring (bicyclic) bond motifs is 1. The topological polar surface area (TPSA) is 50.3 Å². The van der Waals surface area contributed by atoms with Crippen LogP contribution in [-0.4, -0.2) is 41.9 Å². The fourth-order valence-corrected chi connectivity index (χ4v) is 4.37. The van der Waals surface area contributed by atoms with Crippen LogP contribution in [0.2, 0.25) is 0 Å². The van der Waals surface area contributed by atoms with Crippen LogP contribution in [0.1, 0.15) is 23.5 Å². The first kappa shape index (κ1) is 16.8. The van der Waals surface area contributed by atoms with Crippen molar-refractivity contribution in [1.82, 2.24) is 15.3 Å². The summed E-state index contributed by atoms with van der Waals surface area (Å²) in [6.07, 6.45) is 2.25. The average molecular weight is 356 g/mol. The zero-order chi connectivity index (χ0) is 16.9. The summed E-state index contributed by atoms with van der Waals surface area (Å²) in [4.78, 5) is 13.4. The number of piperazine rings is 1. The summed E-state index contributed by atoms with van der Waals surface area (Å²) in [5.74, 6) is 3.10. The molecule has 2 aliphatic heterocycles. The quantitative estimate of drug-likeness (QED) is 0.889. The molecule has 5 nitrogen and oxygen atoms in total. The van der Waals surface area contributed by atoms with E-state index in [9.17, 15) is 0 Å². The molecule has 1 N–H and O–H groups in total. The normalized spacial score (nSPS) is 17.4. The standard InChI is InChI=1S/C19H24N4OS/c1-2-5-15(6-3-1)13-24-14-17-21-16-7-4-12-25-18(16)19(22-17)23-10-8-20-9-11-23/h1-3,5-6,20H,4,7-14H2. The Balaban J connectivity index is 1.51. The Labute approximate surface area is 153 Å². The summed E-state index contributed by atoms with van der Waals surface area (Å²) < 4.78 is 5.88. The highest BCUT2D eigenvalue weighted by Crippen LogP contribution is 2.36. The molecule has 0 spiro atoms. The van der Waals surface area contributed by atoms with Crippen molar-refractivity contribution in [3.63, 3.8) is 0 Å². The van der Waals surface area contributed by atoms with Crippen LogP contribution in [0.3, 0.4) is 0 Å². The van der Waals surface area contributed by atoms with Gasteiger partial charge < -0.3 is 15.0 Å². The van der Waals surface area contributed by atoms with Crippen molar-refractivity contribution in [3.8, 4) is 0 Å². The van der Waals surface area contributed by atoms with Gasteiger partial charge in [0, 0.05) is 26.2 Å². The number of anilines is 1. The van der Waals surface area contributed by atoms with Crippen molar-refractivity contribution in [2.24, 2.45) is 0 Å². The van der Waals surface area contributed by atoms with Gasteiger partial charge in [-0.2, -0.15) is 0 Å². The average Bonchev–Trinajstić information content (AvgIpc) is 2.69. The van der Waals surface area contributed by atoms with Crippen LogP contribution < -0.4 is 10.2 Å².